The molecule has 0 spiro atoms. The molecule has 0 atom stereocenters. The van der Waals surface area contributed by atoms with Crippen LogP contribution in [-0.2, 0) is 9.53 Å². The number of ketones is 1. The number of methoxy groups -OCH3 is 1. The number of hydrogen-bond donors (Lipinski definition) is 1. The van der Waals surface area contributed by atoms with Gasteiger partial charge in [0, 0.05) is 18.4 Å². The van der Waals surface area contributed by atoms with Crippen LogP contribution in [0.3, 0.4) is 0 Å². The lowest BCUT2D eigenvalue weighted by atomic mass is 10.1. The van der Waals surface area contributed by atoms with Gasteiger partial charge in [-0.25, -0.2) is 9.78 Å². The fraction of sp³-hybridized carbons (Fsp3) is 0.400. The molecule has 2 rings (SSSR count). The Morgan fingerprint density at radius 3 is 2.43 bits per heavy atom. The lowest BCUT2D eigenvalue weighted by Crippen LogP contribution is -2.13. The molecule has 0 saturated carbocycles. The van der Waals surface area contributed by atoms with Crippen LogP contribution in [0.5, 0.6) is 5.75 Å². The van der Waals surface area contributed by atoms with Crippen LogP contribution in [0.15, 0.2) is 24.3 Å². The van der Waals surface area contributed by atoms with Crippen molar-refractivity contribution in [1.82, 2.24) is 4.98 Å². The fourth-order valence-electron chi connectivity index (χ4n) is 2.28. The lowest BCUT2D eigenvalue weighted by molar-refractivity contribution is -0.116. The van der Waals surface area contributed by atoms with Crippen LogP contribution in [-0.4, -0.2) is 36.4 Å². The third kappa shape index (κ3) is 6.16. The first-order chi connectivity index (χ1) is 13.3. The van der Waals surface area contributed by atoms with Crippen molar-refractivity contribution in [2.75, 3.05) is 19.0 Å². The van der Waals surface area contributed by atoms with E-state index in [-0.39, 0.29) is 30.4 Å². The van der Waals surface area contributed by atoms with Crippen LogP contribution >= 0.6 is 11.3 Å². The molecule has 0 fully saturated rings. The number of rotatable bonds is 9. The Balaban J connectivity index is 1.88. The van der Waals surface area contributed by atoms with Crippen molar-refractivity contribution in [3.05, 3.63) is 40.4 Å². The first-order valence-corrected chi connectivity index (χ1v) is 9.73. The summed E-state index contributed by atoms with van der Waals surface area (Å²) in [4.78, 5) is 40.9. The SMILES string of the molecule is COc1ccc(C(=O)CCC(=O)Nc2nc(C)c(C(=O)OCC(C)C)s2)cc1. The number of nitrogens with zero attached hydrogens (tertiary/aromatic N) is 1. The summed E-state index contributed by atoms with van der Waals surface area (Å²) in [7, 11) is 1.55. The highest BCUT2D eigenvalue weighted by Crippen LogP contribution is 2.24. The van der Waals surface area contributed by atoms with Gasteiger partial charge in [0.1, 0.15) is 10.6 Å². The number of aryl methyl sites for hydroxylation is 1. The average Bonchev–Trinajstić information content (AvgIpc) is 3.04. The van der Waals surface area contributed by atoms with Gasteiger partial charge < -0.3 is 14.8 Å². The van der Waals surface area contributed by atoms with Crippen LogP contribution in [0.2, 0.25) is 0 Å². The maximum absolute atomic E-state index is 12.2. The molecule has 150 valence electrons. The predicted octanol–water partition coefficient (Wildman–Crippen LogP) is 3.87. The molecule has 8 heteroatoms. The number of benzene rings is 1. The summed E-state index contributed by atoms with van der Waals surface area (Å²) in [6.45, 7) is 5.91. The summed E-state index contributed by atoms with van der Waals surface area (Å²) < 4.78 is 10.3. The van der Waals surface area contributed by atoms with Gasteiger partial charge in [0.2, 0.25) is 5.91 Å². The molecular weight excluding hydrogens is 380 g/mol. The second kappa shape index (κ2) is 9.98. The molecule has 1 aromatic heterocycles. The Bertz CT molecular complexity index is 843. The summed E-state index contributed by atoms with van der Waals surface area (Å²) >= 11 is 1.07. The number of esters is 1. The van der Waals surface area contributed by atoms with Crippen LogP contribution in [0, 0.1) is 12.8 Å². The van der Waals surface area contributed by atoms with Gasteiger partial charge in [-0.15, -0.1) is 0 Å². The molecule has 28 heavy (non-hydrogen) atoms. The molecule has 0 aliphatic heterocycles. The molecule has 1 heterocycles. The van der Waals surface area contributed by atoms with E-state index < -0.39 is 5.97 Å². The van der Waals surface area contributed by atoms with Crippen molar-refractivity contribution in [2.24, 2.45) is 5.92 Å². The number of carbonyl (C=O) groups excluding carboxylic acids is 3. The number of aromatic nitrogens is 1. The molecule has 2 aromatic rings. The number of nitrogens with one attached hydrogen (secondary N) is 1. The molecule has 1 aromatic carbocycles. The Labute approximate surface area is 168 Å². The zero-order valence-corrected chi connectivity index (χ0v) is 17.2. The standard InChI is InChI=1S/C20H24N2O5S/c1-12(2)11-27-19(25)18-13(3)21-20(28-18)22-17(24)10-9-16(23)14-5-7-15(26-4)8-6-14/h5-8,12H,9-11H2,1-4H3,(H,21,22,24). The normalized spacial score (nSPS) is 10.6. The topological polar surface area (TPSA) is 94.6 Å². The lowest BCUT2D eigenvalue weighted by Gasteiger charge is -2.05. The number of amides is 1. The second-order valence-electron chi connectivity index (χ2n) is 6.63. The molecule has 7 nitrogen and oxygen atoms in total. The van der Waals surface area contributed by atoms with Gasteiger partial charge >= 0.3 is 5.97 Å². The first kappa shape index (κ1) is 21.6. The minimum absolute atomic E-state index is 0.0244. The maximum atomic E-state index is 12.2. The Hall–Kier alpha value is -2.74. The summed E-state index contributed by atoms with van der Waals surface area (Å²) in [6.07, 6.45) is 0.0996. The van der Waals surface area contributed by atoms with Crippen molar-refractivity contribution < 1.29 is 23.9 Å². The molecule has 0 aliphatic rings. The average molecular weight is 404 g/mol. The number of Topliss-reactive ketones (excluding diaryl/α,β-unsaturated/α-hetero) is 1. The van der Waals surface area contributed by atoms with E-state index in [1.54, 1.807) is 38.3 Å². The third-order valence-electron chi connectivity index (χ3n) is 3.77. The fourth-order valence-corrected chi connectivity index (χ4v) is 3.15. The van der Waals surface area contributed by atoms with Crippen molar-refractivity contribution in [3.8, 4) is 5.75 Å². The number of anilines is 1. The van der Waals surface area contributed by atoms with Crippen molar-refractivity contribution in [3.63, 3.8) is 0 Å². The van der Waals surface area contributed by atoms with Crippen LogP contribution in [0.1, 0.15) is 52.4 Å². The van der Waals surface area contributed by atoms with Crippen LogP contribution < -0.4 is 10.1 Å². The quantitative estimate of drug-likeness (QED) is 0.503. The maximum Gasteiger partial charge on any atom is 0.350 e. The zero-order valence-electron chi connectivity index (χ0n) is 16.4. The van der Waals surface area contributed by atoms with Gasteiger partial charge in [0.05, 0.1) is 19.4 Å². The highest BCUT2D eigenvalue weighted by Gasteiger charge is 2.18. The van der Waals surface area contributed by atoms with E-state index in [2.05, 4.69) is 10.3 Å². The van der Waals surface area contributed by atoms with E-state index in [9.17, 15) is 14.4 Å². The van der Waals surface area contributed by atoms with Crippen molar-refractivity contribution in [1.29, 1.82) is 0 Å². The van der Waals surface area contributed by atoms with E-state index in [0.717, 1.165) is 11.3 Å². The predicted molar refractivity (Wildman–Crippen MR) is 107 cm³/mol. The Kier molecular flexibility index (Phi) is 7.69. The zero-order chi connectivity index (χ0) is 20.7. The number of hydrogen-bond acceptors (Lipinski definition) is 7. The minimum Gasteiger partial charge on any atom is -0.497 e. The van der Waals surface area contributed by atoms with Crippen molar-refractivity contribution in [2.45, 2.75) is 33.6 Å². The van der Waals surface area contributed by atoms with E-state index in [1.165, 1.54) is 0 Å². The van der Waals surface area contributed by atoms with Gasteiger partial charge in [-0.1, -0.05) is 25.2 Å². The molecule has 1 N–H and O–H groups in total. The molecule has 0 radical (unpaired) electrons. The van der Waals surface area contributed by atoms with Gasteiger partial charge in [-0.05, 0) is 37.1 Å². The van der Waals surface area contributed by atoms with E-state index in [4.69, 9.17) is 9.47 Å². The van der Waals surface area contributed by atoms with Gasteiger partial charge in [0.15, 0.2) is 10.9 Å². The third-order valence-corrected chi connectivity index (χ3v) is 4.82. The van der Waals surface area contributed by atoms with Crippen molar-refractivity contribution >= 4 is 34.1 Å². The van der Waals surface area contributed by atoms with Gasteiger partial charge in [0.25, 0.3) is 0 Å². The molecule has 0 bridgehead atoms. The van der Waals surface area contributed by atoms with Gasteiger partial charge in [-0.2, -0.15) is 0 Å². The summed E-state index contributed by atoms with van der Waals surface area (Å²) in [5.41, 5.74) is 1.03. The van der Waals surface area contributed by atoms with Gasteiger partial charge in [-0.3, -0.25) is 9.59 Å². The van der Waals surface area contributed by atoms with E-state index in [1.807, 2.05) is 13.8 Å². The van der Waals surface area contributed by atoms with Crippen LogP contribution in [0.4, 0.5) is 5.13 Å². The smallest absolute Gasteiger partial charge is 0.350 e. The second-order valence-corrected chi connectivity index (χ2v) is 7.62. The summed E-state index contributed by atoms with van der Waals surface area (Å²) in [5.74, 6) is -0.0154. The first-order valence-electron chi connectivity index (χ1n) is 8.91. The summed E-state index contributed by atoms with van der Waals surface area (Å²) in [5, 5.41) is 2.95. The van der Waals surface area contributed by atoms with E-state index in [0.29, 0.717) is 33.6 Å². The Morgan fingerprint density at radius 2 is 1.82 bits per heavy atom. The largest absolute Gasteiger partial charge is 0.497 e. The number of carbonyl (C=O) groups is 3. The minimum atomic E-state index is -0.445. The molecule has 0 aliphatic carbocycles. The summed E-state index contributed by atoms with van der Waals surface area (Å²) in [6, 6.07) is 6.73. The van der Waals surface area contributed by atoms with E-state index >= 15 is 0 Å². The number of thiazole rings is 1. The molecule has 0 unspecified atom stereocenters. The highest BCUT2D eigenvalue weighted by molar-refractivity contribution is 7.17. The Morgan fingerprint density at radius 1 is 1.14 bits per heavy atom. The molecular formula is C20H24N2O5S. The number of ether oxygens (including phenoxy) is 2. The molecule has 1 amide bonds. The monoisotopic (exact) mass is 404 g/mol. The highest BCUT2D eigenvalue weighted by atomic mass is 32.1. The van der Waals surface area contributed by atoms with Crippen LogP contribution in [0.25, 0.3) is 0 Å². The molecule has 0 saturated heterocycles.